The minimum Gasteiger partial charge on any atom is -0.493 e. The average molecular weight is 363 g/mol. The molecule has 0 unspecified atom stereocenters. The molecule has 4 rings (SSSR count). The van der Waals surface area contributed by atoms with Gasteiger partial charge in [-0.15, -0.1) is 0 Å². The van der Waals surface area contributed by atoms with Crippen LogP contribution in [0.25, 0.3) is 21.9 Å². The number of nitrogens with one attached hydrogen (secondary N) is 1. The SMILES string of the molecule is COc1cccc2cc(C(=O)NCc3cc(=O)oc4ccc(C)cc34)oc12. The van der Waals surface area contributed by atoms with Gasteiger partial charge >= 0.3 is 5.63 Å². The molecule has 0 fully saturated rings. The molecule has 0 aliphatic heterocycles. The monoisotopic (exact) mass is 363 g/mol. The van der Waals surface area contributed by atoms with Crippen LogP contribution in [0.5, 0.6) is 5.75 Å². The lowest BCUT2D eigenvalue weighted by atomic mass is 10.1. The highest BCUT2D eigenvalue weighted by Crippen LogP contribution is 2.28. The highest BCUT2D eigenvalue weighted by Gasteiger charge is 2.15. The second-order valence-electron chi connectivity index (χ2n) is 6.26. The molecule has 2 aromatic carbocycles. The van der Waals surface area contributed by atoms with Crippen LogP contribution in [0.15, 0.2) is 62.2 Å². The van der Waals surface area contributed by atoms with Crippen LogP contribution in [0, 0.1) is 6.92 Å². The van der Waals surface area contributed by atoms with Crippen molar-refractivity contribution in [2.24, 2.45) is 0 Å². The summed E-state index contributed by atoms with van der Waals surface area (Å²) in [4.78, 5) is 24.3. The molecule has 0 saturated carbocycles. The first-order chi connectivity index (χ1) is 13.0. The second-order valence-corrected chi connectivity index (χ2v) is 6.26. The van der Waals surface area contributed by atoms with Crippen molar-refractivity contribution in [3.8, 4) is 5.75 Å². The summed E-state index contributed by atoms with van der Waals surface area (Å²) >= 11 is 0. The Morgan fingerprint density at radius 2 is 1.96 bits per heavy atom. The number of furan rings is 1. The standard InChI is InChI=1S/C21H17NO5/c1-12-6-7-16-15(8-12)14(10-19(23)26-16)11-22-21(24)18-9-13-4-3-5-17(25-2)20(13)27-18/h3-10H,11H2,1-2H3,(H,22,24). The number of aryl methyl sites for hydroxylation is 1. The third kappa shape index (κ3) is 3.17. The van der Waals surface area contributed by atoms with Gasteiger partial charge in [0.1, 0.15) is 5.58 Å². The number of hydrogen-bond acceptors (Lipinski definition) is 5. The van der Waals surface area contributed by atoms with Gasteiger partial charge in [0.15, 0.2) is 17.1 Å². The van der Waals surface area contributed by atoms with Crippen molar-refractivity contribution >= 4 is 27.8 Å². The Bertz CT molecular complexity index is 1220. The van der Waals surface area contributed by atoms with Gasteiger partial charge in [0.2, 0.25) is 0 Å². The van der Waals surface area contributed by atoms with Crippen LogP contribution in [-0.4, -0.2) is 13.0 Å². The van der Waals surface area contributed by atoms with E-state index in [1.165, 1.54) is 6.07 Å². The number of para-hydroxylation sites is 1. The van der Waals surface area contributed by atoms with Gasteiger partial charge in [-0.2, -0.15) is 0 Å². The Hall–Kier alpha value is -3.54. The molecule has 0 spiro atoms. The summed E-state index contributed by atoms with van der Waals surface area (Å²) in [5.74, 6) is 0.369. The number of fused-ring (bicyclic) bond motifs is 2. The fraction of sp³-hybridized carbons (Fsp3) is 0.143. The van der Waals surface area contributed by atoms with Crippen LogP contribution >= 0.6 is 0 Å². The van der Waals surface area contributed by atoms with Crippen LogP contribution in [-0.2, 0) is 6.54 Å². The van der Waals surface area contributed by atoms with Crippen LogP contribution in [0.4, 0.5) is 0 Å². The lowest BCUT2D eigenvalue weighted by Gasteiger charge is -2.07. The van der Waals surface area contributed by atoms with Crippen molar-refractivity contribution in [1.82, 2.24) is 5.32 Å². The number of amides is 1. The summed E-state index contributed by atoms with van der Waals surface area (Å²) < 4.78 is 16.1. The van der Waals surface area contributed by atoms with Gasteiger partial charge in [-0.1, -0.05) is 23.8 Å². The van der Waals surface area contributed by atoms with E-state index in [4.69, 9.17) is 13.6 Å². The smallest absolute Gasteiger partial charge is 0.336 e. The summed E-state index contributed by atoms with van der Waals surface area (Å²) in [5, 5.41) is 4.37. The van der Waals surface area contributed by atoms with E-state index in [0.29, 0.717) is 22.5 Å². The number of ether oxygens (including phenoxy) is 1. The van der Waals surface area contributed by atoms with Gasteiger partial charge in [0, 0.05) is 23.4 Å². The van der Waals surface area contributed by atoms with Crippen LogP contribution in [0.3, 0.4) is 0 Å². The first kappa shape index (κ1) is 16.9. The maximum Gasteiger partial charge on any atom is 0.336 e. The number of benzene rings is 2. The Kier molecular flexibility index (Phi) is 4.16. The van der Waals surface area contributed by atoms with E-state index in [1.54, 1.807) is 25.3 Å². The van der Waals surface area contributed by atoms with Crippen LogP contribution in [0.1, 0.15) is 21.7 Å². The lowest BCUT2D eigenvalue weighted by molar-refractivity contribution is 0.0925. The van der Waals surface area contributed by atoms with E-state index >= 15 is 0 Å². The van der Waals surface area contributed by atoms with Crippen molar-refractivity contribution in [1.29, 1.82) is 0 Å². The van der Waals surface area contributed by atoms with Crippen molar-refractivity contribution in [3.63, 3.8) is 0 Å². The largest absolute Gasteiger partial charge is 0.493 e. The van der Waals surface area contributed by atoms with Gasteiger partial charge in [-0.3, -0.25) is 4.79 Å². The van der Waals surface area contributed by atoms with Crippen LogP contribution in [0.2, 0.25) is 0 Å². The first-order valence-corrected chi connectivity index (χ1v) is 8.43. The fourth-order valence-electron chi connectivity index (χ4n) is 3.06. The molecule has 27 heavy (non-hydrogen) atoms. The highest BCUT2D eigenvalue weighted by molar-refractivity contribution is 5.97. The average Bonchev–Trinajstić information content (AvgIpc) is 3.10. The van der Waals surface area contributed by atoms with Gasteiger partial charge in [-0.05, 0) is 36.8 Å². The number of methoxy groups -OCH3 is 1. The van der Waals surface area contributed by atoms with E-state index in [-0.39, 0.29) is 18.2 Å². The van der Waals surface area contributed by atoms with E-state index in [0.717, 1.165) is 16.3 Å². The predicted molar refractivity (Wildman–Crippen MR) is 101 cm³/mol. The topological polar surface area (TPSA) is 81.7 Å². The summed E-state index contributed by atoms with van der Waals surface area (Å²) in [6.45, 7) is 2.13. The molecule has 0 atom stereocenters. The van der Waals surface area contributed by atoms with Crippen molar-refractivity contribution in [2.75, 3.05) is 7.11 Å². The Labute approximate surface area is 154 Å². The zero-order valence-corrected chi connectivity index (χ0v) is 14.9. The number of hydrogen-bond donors (Lipinski definition) is 1. The van der Waals surface area contributed by atoms with Crippen molar-refractivity contribution in [2.45, 2.75) is 13.5 Å². The molecule has 2 heterocycles. The molecule has 2 aromatic heterocycles. The summed E-state index contributed by atoms with van der Waals surface area (Å²) in [5.41, 5.74) is 2.28. The normalized spacial score (nSPS) is 11.0. The molecule has 1 amide bonds. The molecule has 1 N–H and O–H groups in total. The first-order valence-electron chi connectivity index (χ1n) is 8.43. The van der Waals surface area contributed by atoms with Gasteiger partial charge in [0.25, 0.3) is 5.91 Å². The highest BCUT2D eigenvalue weighted by atomic mass is 16.5. The molecule has 136 valence electrons. The summed E-state index contributed by atoms with van der Waals surface area (Å²) in [7, 11) is 1.55. The quantitative estimate of drug-likeness (QED) is 0.558. The molecule has 0 aliphatic rings. The molecule has 6 nitrogen and oxygen atoms in total. The minimum absolute atomic E-state index is 0.179. The van der Waals surface area contributed by atoms with E-state index in [1.807, 2.05) is 31.2 Å². The minimum atomic E-state index is -0.455. The Morgan fingerprint density at radius 3 is 2.78 bits per heavy atom. The molecule has 0 radical (unpaired) electrons. The lowest BCUT2D eigenvalue weighted by Crippen LogP contribution is -2.23. The molecule has 0 saturated heterocycles. The predicted octanol–water partition coefficient (Wildman–Crippen LogP) is 3.79. The Morgan fingerprint density at radius 1 is 1.11 bits per heavy atom. The molecule has 4 aromatic rings. The molecule has 0 aliphatic carbocycles. The molecular weight excluding hydrogens is 346 g/mol. The van der Waals surface area contributed by atoms with Gasteiger partial charge in [0.05, 0.1) is 7.11 Å². The van der Waals surface area contributed by atoms with Gasteiger partial charge in [-0.25, -0.2) is 4.79 Å². The van der Waals surface area contributed by atoms with E-state index in [9.17, 15) is 9.59 Å². The number of carbonyl (C=O) groups excluding carboxylic acids is 1. The maximum absolute atomic E-state index is 12.5. The maximum atomic E-state index is 12.5. The third-order valence-corrected chi connectivity index (χ3v) is 4.37. The van der Waals surface area contributed by atoms with Gasteiger partial charge < -0.3 is 18.9 Å². The zero-order chi connectivity index (χ0) is 19.0. The third-order valence-electron chi connectivity index (χ3n) is 4.37. The van der Waals surface area contributed by atoms with E-state index in [2.05, 4.69) is 5.32 Å². The zero-order valence-electron chi connectivity index (χ0n) is 14.9. The van der Waals surface area contributed by atoms with Crippen LogP contribution < -0.4 is 15.7 Å². The molecule has 6 heteroatoms. The van der Waals surface area contributed by atoms with Crippen molar-refractivity contribution < 1.29 is 18.4 Å². The number of rotatable bonds is 4. The summed E-state index contributed by atoms with van der Waals surface area (Å²) in [6, 6.07) is 14.0. The fourth-order valence-corrected chi connectivity index (χ4v) is 3.06. The summed E-state index contributed by atoms with van der Waals surface area (Å²) in [6.07, 6.45) is 0. The van der Waals surface area contributed by atoms with E-state index < -0.39 is 5.63 Å². The number of carbonyl (C=O) groups is 1. The van der Waals surface area contributed by atoms with Crippen molar-refractivity contribution in [3.05, 3.63) is 75.8 Å². The molecule has 0 bridgehead atoms. The Balaban J connectivity index is 1.62. The second kappa shape index (κ2) is 6.64. The molecular formula is C21H17NO5.